The Bertz CT molecular complexity index is 1100. The van der Waals surface area contributed by atoms with Crippen LogP contribution in [0.25, 0.3) is 0 Å². The number of thioether (sulfide) groups is 1. The van der Waals surface area contributed by atoms with E-state index in [0.29, 0.717) is 48.5 Å². The lowest BCUT2D eigenvalue weighted by atomic mass is 10.1. The molecule has 0 aliphatic carbocycles. The van der Waals surface area contributed by atoms with Crippen molar-refractivity contribution in [2.75, 3.05) is 27.1 Å². The summed E-state index contributed by atoms with van der Waals surface area (Å²) in [5.41, 5.74) is 1.10. The van der Waals surface area contributed by atoms with Crippen LogP contribution in [0.5, 0.6) is 11.5 Å². The van der Waals surface area contributed by atoms with Gasteiger partial charge in [-0.2, -0.15) is 8.42 Å². The third-order valence-electron chi connectivity index (χ3n) is 5.23. The van der Waals surface area contributed by atoms with Crippen molar-refractivity contribution in [3.8, 4) is 11.5 Å². The molecule has 0 saturated carbocycles. The summed E-state index contributed by atoms with van der Waals surface area (Å²) >= 11 is 1.59. The first-order valence-electron chi connectivity index (χ1n) is 11.6. The third-order valence-corrected chi connectivity index (χ3v) is 6.88. The Balaban J connectivity index is 1.94. The van der Waals surface area contributed by atoms with E-state index in [1.807, 2.05) is 36.4 Å². The topological polar surface area (TPSA) is 105 Å². The number of esters is 1. The summed E-state index contributed by atoms with van der Waals surface area (Å²) in [5.74, 6) is 1.01. The average molecular weight is 539 g/mol. The van der Waals surface area contributed by atoms with Crippen LogP contribution in [0, 0.1) is 0 Å². The molecule has 0 amide bonds. The predicted octanol–water partition coefficient (Wildman–Crippen LogP) is 5.04. The molecule has 0 fully saturated rings. The first-order valence-corrected chi connectivity index (χ1v) is 14.4. The maximum Gasteiger partial charge on any atom is 0.342 e. The number of benzene rings is 2. The van der Waals surface area contributed by atoms with Gasteiger partial charge in [0, 0.05) is 29.6 Å². The monoisotopic (exact) mass is 538 g/mol. The maximum absolute atomic E-state index is 13.1. The normalized spacial score (nSPS) is 12.1. The van der Waals surface area contributed by atoms with Crippen LogP contribution in [0.1, 0.15) is 54.9 Å². The molecule has 0 aliphatic rings. The van der Waals surface area contributed by atoms with E-state index in [1.54, 1.807) is 31.9 Å². The minimum atomic E-state index is -3.49. The number of ether oxygens (including phenoxy) is 3. The highest BCUT2D eigenvalue weighted by Gasteiger charge is 2.23. The fourth-order valence-corrected chi connectivity index (χ4v) is 4.76. The van der Waals surface area contributed by atoms with Crippen molar-refractivity contribution in [2.45, 2.75) is 55.8 Å². The van der Waals surface area contributed by atoms with Gasteiger partial charge in [0.1, 0.15) is 22.8 Å². The van der Waals surface area contributed by atoms with Crippen LogP contribution >= 0.6 is 11.8 Å². The zero-order valence-electron chi connectivity index (χ0n) is 21.2. The number of hydrogen-bond acceptors (Lipinski definition) is 9. The van der Waals surface area contributed by atoms with Crippen molar-refractivity contribution in [3.05, 3.63) is 53.6 Å². The maximum atomic E-state index is 13.1. The van der Waals surface area contributed by atoms with E-state index >= 15 is 0 Å². The van der Waals surface area contributed by atoms with Gasteiger partial charge in [-0.15, -0.1) is 11.8 Å². The molecule has 36 heavy (non-hydrogen) atoms. The van der Waals surface area contributed by atoms with Crippen LogP contribution in [0.2, 0.25) is 0 Å². The van der Waals surface area contributed by atoms with Crippen LogP contribution < -0.4 is 9.47 Å². The molecule has 0 aliphatic heterocycles. The molecule has 8 nitrogen and oxygen atoms in total. The molecular formula is C26H34O8S2. The second-order valence-electron chi connectivity index (χ2n) is 8.24. The number of Topliss-reactive ketones (excluding diaryl/α,β-unsaturated/α-hetero) is 1. The zero-order chi connectivity index (χ0) is 26.6. The van der Waals surface area contributed by atoms with Crippen LogP contribution in [0.15, 0.2) is 47.4 Å². The molecule has 2 aromatic rings. The fraction of sp³-hybridized carbons (Fsp3) is 0.462. The lowest BCUT2D eigenvalue weighted by molar-refractivity contribution is -0.119. The quantitative estimate of drug-likeness (QED) is 0.126. The van der Waals surface area contributed by atoms with Crippen LogP contribution in [-0.2, 0) is 29.6 Å². The average Bonchev–Trinajstić information content (AvgIpc) is 2.84. The summed E-state index contributed by atoms with van der Waals surface area (Å²) in [7, 11) is -0.438. The van der Waals surface area contributed by atoms with Crippen molar-refractivity contribution in [2.24, 2.45) is 0 Å². The Labute approximate surface area is 217 Å². The highest BCUT2D eigenvalue weighted by Crippen LogP contribution is 2.34. The number of hydrogen-bond donors (Lipinski definition) is 0. The van der Waals surface area contributed by atoms with Gasteiger partial charge in [-0.1, -0.05) is 18.2 Å². The number of ketones is 1. The summed E-state index contributed by atoms with van der Waals surface area (Å²) in [5, 5.41) is 0. The molecular weight excluding hydrogens is 504 g/mol. The Hall–Kier alpha value is -2.56. The van der Waals surface area contributed by atoms with Gasteiger partial charge in [-0.05, 0) is 49.9 Å². The fourth-order valence-electron chi connectivity index (χ4n) is 3.44. The second-order valence-corrected chi connectivity index (χ2v) is 10.9. The van der Waals surface area contributed by atoms with Gasteiger partial charge < -0.3 is 14.2 Å². The molecule has 0 heterocycles. The number of rotatable bonds is 16. The minimum Gasteiger partial charge on any atom is -0.497 e. The van der Waals surface area contributed by atoms with Crippen LogP contribution in [-0.4, -0.2) is 53.4 Å². The van der Waals surface area contributed by atoms with Gasteiger partial charge in [0.2, 0.25) is 0 Å². The van der Waals surface area contributed by atoms with Crippen molar-refractivity contribution in [1.82, 2.24) is 0 Å². The van der Waals surface area contributed by atoms with Crippen molar-refractivity contribution < 1.29 is 36.4 Å². The summed E-state index contributed by atoms with van der Waals surface area (Å²) in [6.45, 7) is 1.78. The lowest BCUT2D eigenvalue weighted by Crippen LogP contribution is -2.18. The summed E-state index contributed by atoms with van der Waals surface area (Å²) in [6, 6.07) is 13.3. The summed E-state index contributed by atoms with van der Waals surface area (Å²) in [6.07, 6.45) is 2.56. The molecule has 0 spiro atoms. The number of methoxy groups -OCH3 is 2. The number of carbonyl (C=O) groups excluding carboxylic acids is 2. The smallest absolute Gasteiger partial charge is 0.342 e. The van der Waals surface area contributed by atoms with E-state index in [2.05, 4.69) is 4.18 Å². The molecule has 0 radical (unpaired) electrons. The highest BCUT2D eigenvalue weighted by atomic mass is 32.2. The highest BCUT2D eigenvalue weighted by molar-refractivity contribution is 7.98. The molecule has 198 valence electrons. The Kier molecular flexibility index (Phi) is 12.3. The predicted molar refractivity (Wildman–Crippen MR) is 139 cm³/mol. The molecule has 0 aromatic heterocycles. The van der Waals surface area contributed by atoms with Gasteiger partial charge in [-0.3, -0.25) is 8.98 Å². The van der Waals surface area contributed by atoms with Crippen molar-refractivity contribution in [1.29, 1.82) is 0 Å². The van der Waals surface area contributed by atoms with Gasteiger partial charge in [0.25, 0.3) is 10.1 Å². The van der Waals surface area contributed by atoms with Gasteiger partial charge in [0.15, 0.2) is 0 Å². The molecule has 2 rings (SSSR count). The zero-order valence-corrected chi connectivity index (χ0v) is 22.8. The van der Waals surface area contributed by atoms with Gasteiger partial charge in [-0.25, -0.2) is 4.79 Å². The third kappa shape index (κ3) is 10.6. The molecule has 1 atom stereocenters. The van der Waals surface area contributed by atoms with E-state index in [4.69, 9.17) is 14.2 Å². The largest absolute Gasteiger partial charge is 0.497 e. The lowest BCUT2D eigenvalue weighted by Gasteiger charge is -2.18. The standard InChI is InChI=1S/C26H34O8S2/c1-19(10-8-11-21(27)12-9-15-33-36(4,29)30)34-26(28)25-20(16-22(31-2)17-24(25)32-3)18-35-23-13-6-5-7-14-23/h5-7,13-14,16-17,19H,8-12,15,18H2,1-4H3. The van der Waals surface area contributed by atoms with E-state index in [-0.39, 0.29) is 18.8 Å². The van der Waals surface area contributed by atoms with Crippen molar-refractivity contribution >= 4 is 33.6 Å². The van der Waals surface area contributed by atoms with E-state index < -0.39 is 22.2 Å². The molecule has 2 aromatic carbocycles. The van der Waals surface area contributed by atoms with Crippen LogP contribution in [0.4, 0.5) is 0 Å². The Morgan fingerprint density at radius 1 is 1.00 bits per heavy atom. The van der Waals surface area contributed by atoms with Gasteiger partial charge >= 0.3 is 5.97 Å². The molecule has 0 bridgehead atoms. The SMILES string of the molecule is COc1cc(CSc2ccccc2)c(C(=O)OC(C)CCCC(=O)CCCOS(C)(=O)=O)c(OC)c1. The van der Waals surface area contributed by atoms with E-state index in [9.17, 15) is 18.0 Å². The summed E-state index contributed by atoms with van der Waals surface area (Å²) in [4.78, 5) is 26.2. The molecule has 10 heteroatoms. The Morgan fingerprint density at radius 2 is 1.69 bits per heavy atom. The van der Waals surface area contributed by atoms with Crippen molar-refractivity contribution in [3.63, 3.8) is 0 Å². The Morgan fingerprint density at radius 3 is 2.33 bits per heavy atom. The van der Waals surface area contributed by atoms with E-state index in [1.165, 1.54) is 7.11 Å². The molecule has 0 N–H and O–H groups in total. The van der Waals surface area contributed by atoms with Gasteiger partial charge in [0.05, 0.1) is 33.2 Å². The summed E-state index contributed by atoms with van der Waals surface area (Å²) < 4.78 is 43.1. The molecule has 1 unspecified atom stereocenters. The van der Waals surface area contributed by atoms with Crippen LogP contribution in [0.3, 0.4) is 0 Å². The number of carbonyl (C=O) groups is 2. The van der Waals surface area contributed by atoms with E-state index in [0.717, 1.165) is 16.7 Å². The first-order chi connectivity index (χ1) is 17.1. The first kappa shape index (κ1) is 29.7. The minimum absolute atomic E-state index is 0.00677. The second kappa shape index (κ2) is 14.9. The molecule has 0 saturated heterocycles.